The van der Waals surface area contributed by atoms with Crippen molar-refractivity contribution in [2.24, 2.45) is 0 Å². The minimum atomic E-state index is -1.83. The summed E-state index contributed by atoms with van der Waals surface area (Å²) in [4.78, 5) is 1.61. The van der Waals surface area contributed by atoms with Crippen LogP contribution in [-0.2, 0) is 0 Å². The van der Waals surface area contributed by atoms with E-state index in [2.05, 4.69) is 15.7 Å². The highest BCUT2D eigenvalue weighted by atomic mass is 32.1. The summed E-state index contributed by atoms with van der Waals surface area (Å²) < 4.78 is 46.1. The van der Waals surface area contributed by atoms with Gasteiger partial charge in [0, 0.05) is 15.8 Å². The zero-order valence-corrected chi connectivity index (χ0v) is 12.3. The van der Waals surface area contributed by atoms with Crippen LogP contribution in [0.1, 0.15) is 50.2 Å². The Kier molecular flexibility index (Phi) is 3.95. The van der Waals surface area contributed by atoms with Gasteiger partial charge >= 0.3 is 0 Å². The Morgan fingerprint density at radius 2 is 2.37 bits per heavy atom. The van der Waals surface area contributed by atoms with Gasteiger partial charge in [-0.2, -0.15) is 4.37 Å². The van der Waals surface area contributed by atoms with E-state index in [9.17, 15) is 0 Å². The van der Waals surface area contributed by atoms with E-state index in [0.29, 0.717) is 24.2 Å². The summed E-state index contributed by atoms with van der Waals surface area (Å²) in [7, 11) is 1.72. The van der Waals surface area contributed by atoms with E-state index in [1.54, 1.807) is 18.0 Å². The number of rotatable bonds is 7. The third-order valence-corrected chi connectivity index (χ3v) is 3.40. The van der Waals surface area contributed by atoms with E-state index in [-0.39, 0.29) is 12.3 Å². The molecule has 5 heteroatoms. The van der Waals surface area contributed by atoms with Crippen LogP contribution in [-0.4, -0.2) is 40.3 Å². The topological polar surface area (TPSA) is 38.3 Å². The van der Waals surface area contributed by atoms with Gasteiger partial charge in [-0.1, -0.05) is 32.3 Å². The SMILES string of the molecule is [2H]C([2H])(CCCCC)Oc1nsnc1C1=CCCN(C)C1([2H])[2H]. The normalized spacial score (nSPS) is 22.9. The van der Waals surface area contributed by atoms with Crippen molar-refractivity contribution in [1.29, 1.82) is 0 Å². The molecule has 2 heterocycles. The number of unbranched alkanes of at least 4 members (excludes halogenated alkanes) is 2. The average molecular weight is 285 g/mol. The molecule has 0 saturated heterocycles. The minimum absolute atomic E-state index is 0.0851. The third kappa shape index (κ3) is 4.28. The van der Waals surface area contributed by atoms with Gasteiger partial charge in [0.1, 0.15) is 5.69 Å². The van der Waals surface area contributed by atoms with Crippen molar-refractivity contribution in [3.63, 3.8) is 0 Å². The highest BCUT2D eigenvalue weighted by Gasteiger charge is 2.18. The zero-order valence-electron chi connectivity index (χ0n) is 15.5. The van der Waals surface area contributed by atoms with Crippen molar-refractivity contribution >= 4 is 17.3 Å². The predicted octanol–water partition coefficient (Wildman–Crippen LogP) is 3.22. The van der Waals surface area contributed by atoms with E-state index in [1.165, 1.54) is 0 Å². The number of likely N-dealkylation sites (N-methyl/N-ethyl adjacent to an activating group) is 1. The van der Waals surface area contributed by atoms with Crippen molar-refractivity contribution in [2.75, 3.05) is 26.6 Å². The summed E-state index contributed by atoms with van der Waals surface area (Å²) in [5.74, 6) is 0.0851. The Bertz CT molecular complexity index is 562. The molecule has 0 fully saturated rings. The summed E-state index contributed by atoms with van der Waals surface area (Å²) in [5.41, 5.74) is 0.713. The van der Waals surface area contributed by atoms with Crippen molar-refractivity contribution in [3.05, 3.63) is 11.8 Å². The van der Waals surface area contributed by atoms with Gasteiger partial charge in [-0.25, -0.2) is 0 Å². The van der Waals surface area contributed by atoms with E-state index >= 15 is 0 Å². The lowest BCUT2D eigenvalue weighted by Crippen LogP contribution is -2.25. The molecular formula is C14H23N3OS. The van der Waals surface area contributed by atoms with Crippen LogP contribution >= 0.6 is 11.7 Å². The largest absolute Gasteiger partial charge is 0.475 e. The number of nitrogens with zero attached hydrogens (tertiary/aromatic N) is 3. The van der Waals surface area contributed by atoms with Crippen LogP contribution in [0.5, 0.6) is 5.88 Å². The molecule has 0 N–H and O–H groups in total. The first-order valence-corrected chi connectivity index (χ1v) is 7.45. The Morgan fingerprint density at radius 1 is 1.47 bits per heavy atom. The maximum absolute atomic E-state index is 8.24. The highest BCUT2D eigenvalue weighted by molar-refractivity contribution is 6.99. The Labute approximate surface area is 125 Å². The first-order valence-electron chi connectivity index (χ1n) is 8.72. The summed E-state index contributed by atoms with van der Waals surface area (Å²) in [6.07, 6.45) is 5.50. The first kappa shape index (κ1) is 9.88. The Balaban J connectivity index is 2.18. The van der Waals surface area contributed by atoms with Crippen LogP contribution in [0, 0.1) is 0 Å². The first-order chi connectivity index (χ1) is 10.8. The Hall–Kier alpha value is -0.940. The predicted molar refractivity (Wildman–Crippen MR) is 79.6 cm³/mol. The summed E-state index contributed by atoms with van der Waals surface area (Å²) >= 11 is 0.913. The smallest absolute Gasteiger partial charge is 0.253 e. The lowest BCUT2D eigenvalue weighted by molar-refractivity contribution is 0.294. The molecule has 0 atom stereocenters. The molecular weight excluding hydrogens is 258 g/mol. The molecule has 1 aromatic heterocycles. The summed E-state index contributed by atoms with van der Waals surface area (Å²) in [6.45, 7) is -0.802. The standard InChI is InChI=1S/C14H23N3OS/c1-3-4-5-6-10-18-14-13(15-19-16-14)12-8-7-9-17(2)11-12/h8H,3-7,9-11H2,1-2H3/i10D2,11D2. The molecule has 0 unspecified atom stereocenters. The monoisotopic (exact) mass is 285 g/mol. The second-order valence-electron chi connectivity index (χ2n) is 4.56. The minimum Gasteiger partial charge on any atom is -0.475 e. The molecule has 1 aliphatic rings. The van der Waals surface area contributed by atoms with Crippen molar-refractivity contribution in [3.8, 4) is 5.88 Å². The fourth-order valence-corrected chi connectivity index (χ4v) is 2.33. The summed E-state index contributed by atoms with van der Waals surface area (Å²) in [6, 6.07) is 0. The molecule has 0 amide bonds. The maximum Gasteiger partial charge on any atom is 0.253 e. The van der Waals surface area contributed by atoms with Gasteiger partial charge in [0.25, 0.3) is 5.88 Å². The van der Waals surface area contributed by atoms with E-state index < -0.39 is 13.1 Å². The number of aromatic nitrogens is 2. The van der Waals surface area contributed by atoms with Gasteiger partial charge in [0.2, 0.25) is 0 Å². The van der Waals surface area contributed by atoms with Crippen LogP contribution in [0.3, 0.4) is 0 Å². The quantitative estimate of drug-likeness (QED) is 0.721. The van der Waals surface area contributed by atoms with Crippen LogP contribution in [0.4, 0.5) is 0 Å². The molecule has 0 bridgehead atoms. The molecule has 19 heavy (non-hydrogen) atoms. The number of ether oxygens (including phenoxy) is 1. The zero-order chi connectivity index (χ0) is 17.1. The maximum atomic E-state index is 8.24. The highest BCUT2D eigenvalue weighted by Crippen LogP contribution is 2.27. The average Bonchev–Trinajstić information content (AvgIpc) is 2.89. The molecule has 0 aliphatic carbocycles. The second kappa shape index (κ2) is 7.60. The van der Waals surface area contributed by atoms with Crippen molar-refractivity contribution in [2.45, 2.75) is 39.0 Å². The van der Waals surface area contributed by atoms with E-state index in [4.69, 9.17) is 10.2 Å². The van der Waals surface area contributed by atoms with Gasteiger partial charge in [0.05, 0.1) is 21.0 Å². The molecule has 0 aromatic carbocycles. The van der Waals surface area contributed by atoms with E-state index in [1.807, 2.05) is 0 Å². The third-order valence-electron chi connectivity index (χ3n) is 2.89. The second-order valence-corrected chi connectivity index (χ2v) is 5.09. The van der Waals surface area contributed by atoms with Gasteiger partial charge < -0.3 is 9.64 Å². The van der Waals surface area contributed by atoms with Crippen molar-refractivity contribution in [1.82, 2.24) is 13.6 Å². The molecule has 0 radical (unpaired) electrons. The van der Waals surface area contributed by atoms with Crippen molar-refractivity contribution < 1.29 is 10.2 Å². The number of hydrogen-bond donors (Lipinski definition) is 0. The lowest BCUT2D eigenvalue weighted by Gasteiger charge is -2.22. The van der Waals surface area contributed by atoms with Gasteiger partial charge in [-0.3, -0.25) is 0 Å². The van der Waals surface area contributed by atoms with Crippen LogP contribution < -0.4 is 4.74 Å². The summed E-state index contributed by atoms with van der Waals surface area (Å²) in [5, 5.41) is 0. The van der Waals surface area contributed by atoms with Crippen LogP contribution in [0.25, 0.3) is 5.57 Å². The molecule has 4 nitrogen and oxygen atoms in total. The van der Waals surface area contributed by atoms with Gasteiger partial charge in [0.15, 0.2) is 0 Å². The molecule has 1 aliphatic heterocycles. The lowest BCUT2D eigenvalue weighted by atomic mass is 10.1. The Morgan fingerprint density at radius 3 is 3.21 bits per heavy atom. The van der Waals surface area contributed by atoms with Gasteiger partial charge in [-0.05, 0) is 25.5 Å². The molecule has 1 aromatic rings. The molecule has 0 saturated carbocycles. The van der Waals surface area contributed by atoms with E-state index in [0.717, 1.165) is 31.0 Å². The fourth-order valence-electron chi connectivity index (χ4n) is 1.84. The molecule has 2 rings (SSSR count). The van der Waals surface area contributed by atoms with Crippen LogP contribution in [0.2, 0.25) is 0 Å². The molecule has 106 valence electrons. The number of hydrogen-bond acceptors (Lipinski definition) is 5. The van der Waals surface area contributed by atoms with Crippen LogP contribution in [0.15, 0.2) is 6.08 Å². The fraction of sp³-hybridized carbons (Fsp3) is 0.714. The van der Waals surface area contributed by atoms with Gasteiger partial charge in [-0.15, -0.1) is 4.37 Å². The molecule has 0 spiro atoms.